The monoisotopic (exact) mass is 779 g/mol. The molecule has 1 aromatic heterocycles. The summed E-state index contributed by atoms with van der Waals surface area (Å²) >= 11 is 15.1. The lowest BCUT2D eigenvalue weighted by Gasteiger charge is -2.17. The van der Waals surface area contributed by atoms with Crippen molar-refractivity contribution in [1.82, 2.24) is 10.3 Å². The van der Waals surface area contributed by atoms with Gasteiger partial charge in [0, 0.05) is 39.2 Å². The van der Waals surface area contributed by atoms with Crippen molar-refractivity contribution in [3.8, 4) is 11.3 Å². The van der Waals surface area contributed by atoms with E-state index in [4.69, 9.17) is 23.2 Å². The minimum atomic E-state index is -0.674. The molecule has 0 radical (unpaired) electrons. The average Bonchev–Trinajstić information content (AvgIpc) is 3.65. The van der Waals surface area contributed by atoms with Crippen LogP contribution in [0.1, 0.15) is 26.7 Å². The number of halogens is 2. The van der Waals surface area contributed by atoms with E-state index in [1.807, 2.05) is 30.3 Å². The van der Waals surface area contributed by atoms with Crippen molar-refractivity contribution < 1.29 is 19.3 Å². The molecule has 0 spiro atoms. The Kier molecular flexibility index (Phi) is 12.0. The summed E-state index contributed by atoms with van der Waals surface area (Å²) in [6, 6.07) is 35.8. The van der Waals surface area contributed by atoms with E-state index in [0.29, 0.717) is 38.2 Å². The van der Waals surface area contributed by atoms with Crippen LogP contribution in [0.15, 0.2) is 143 Å². The van der Waals surface area contributed by atoms with Gasteiger partial charge in [-0.05, 0) is 59.7 Å². The molecule has 0 saturated heterocycles. The molecular formula is C39H27Cl2N5O5S2. The molecule has 3 amide bonds. The van der Waals surface area contributed by atoms with Gasteiger partial charge in [-0.25, -0.2) is 4.98 Å². The van der Waals surface area contributed by atoms with Crippen molar-refractivity contribution in [2.24, 2.45) is 0 Å². The Morgan fingerprint density at radius 2 is 1.53 bits per heavy atom. The quantitative estimate of drug-likeness (QED) is 0.0486. The number of thioether (sulfide) groups is 1. The Labute approximate surface area is 322 Å². The standard InChI is InChI=1S/C39H27Cl2N5O5S2/c40-31-16-8-14-27(34(31)41)22-32(43-36(47)25-11-5-2-6-12-25)37(48)42-28-17-19-30(20-18-28)53-35(24-9-3-1-4-10-24)38(49)45-39-44-33(23-52-39)26-13-7-15-29(21-26)46(50)51/h1-23,35H,(H,42,48)(H,43,47)(H,44,45,49)/b32-22-. The molecule has 6 aromatic rings. The van der Waals surface area contributed by atoms with Crippen molar-refractivity contribution in [2.45, 2.75) is 10.1 Å². The minimum absolute atomic E-state index is 0.0543. The van der Waals surface area contributed by atoms with Gasteiger partial charge < -0.3 is 16.0 Å². The van der Waals surface area contributed by atoms with Gasteiger partial charge in [0.05, 0.1) is 20.7 Å². The smallest absolute Gasteiger partial charge is 0.272 e. The first-order chi connectivity index (χ1) is 25.6. The normalized spacial score (nSPS) is 11.7. The molecular weight excluding hydrogens is 753 g/mol. The Balaban J connectivity index is 1.18. The molecule has 6 rings (SSSR count). The minimum Gasteiger partial charge on any atom is -0.321 e. The van der Waals surface area contributed by atoms with Gasteiger partial charge in [-0.15, -0.1) is 23.1 Å². The zero-order valence-electron chi connectivity index (χ0n) is 27.4. The zero-order chi connectivity index (χ0) is 37.3. The number of nitrogens with one attached hydrogen (secondary N) is 3. The highest BCUT2D eigenvalue weighted by Gasteiger charge is 2.24. The van der Waals surface area contributed by atoms with Crippen LogP contribution in [0.2, 0.25) is 10.0 Å². The third kappa shape index (κ3) is 9.56. The highest BCUT2D eigenvalue weighted by atomic mass is 35.5. The van der Waals surface area contributed by atoms with E-state index in [-0.39, 0.29) is 22.3 Å². The molecule has 0 saturated carbocycles. The first-order valence-corrected chi connectivity index (χ1v) is 18.3. The second-order valence-corrected chi connectivity index (χ2v) is 14.1. The SMILES string of the molecule is O=C(Nc1ccc(SC(C(=O)Nc2nc(-c3cccc([N+](=O)[O-])c3)cs2)c2ccccc2)cc1)/C(=C/c1cccc(Cl)c1Cl)NC(=O)c1ccccc1. The van der Waals surface area contributed by atoms with Gasteiger partial charge in [-0.2, -0.15) is 0 Å². The number of carbonyl (C=O) groups is 3. The first-order valence-electron chi connectivity index (χ1n) is 15.8. The fourth-order valence-corrected chi connectivity index (χ4v) is 7.11. The van der Waals surface area contributed by atoms with Crippen molar-refractivity contribution in [3.05, 3.63) is 175 Å². The number of nitro benzene ring substituents is 1. The number of nitrogens with zero attached hydrogens (tertiary/aromatic N) is 2. The predicted molar refractivity (Wildman–Crippen MR) is 211 cm³/mol. The van der Waals surface area contributed by atoms with E-state index < -0.39 is 22.0 Å². The van der Waals surface area contributed by atoms with Crippen LogP contribution >= 0.6 is 46.3 Å². The van der Waals surface area contributed by atoms with Gasteiger partial charge in [-0.1, -0.05) is 96.0 Å². The highest BCUT2D eigenvalue weighted by Crippen LogP contribution is 2.37. The van der Waals surface area contributed by atoms with Crippen LogP contribution in [0.5, 0.6) is 0 Å². The lowest BCUT2D eigenvalue weighted by Crippen LogP contribution is -2.30. The molecule has 0 aliphatic heterocycles. The third-order valence-corrected chi connectivity index (χ3v) is 10.5. The third-order valence-electron chi connectivity index (χ3n) is 7.60. The molecule has 1 heterocycles. The van der Waals surface area contributed by atoms with Gasteiger partial charge in [-0.3, -0.25) is 24.5 Å². The Morgan fingerprint density at radius 3 is 2.25 bits per heavy atom. The maximum absolute atomic E-state index is 13.7. The van der Waals surface area contributed by atoms with Crippen LogP contribution in [0.25, 0.3) is 17.3 Å². The molecule has 5 aromatic carbocycles. The highest BCUT2D eigenvalue weighted by molar-refractivity contribution is 8.00. The van der Waals surface area contributed by atoms with Crippen LogP contribution in [-0.4, -0.2) is 27.6 Å². The molecule has 264 valence electrons. The molecule has 0 fully saturated rings. The summed E-state index contributed by atoms with van der Waals surface area (Å²) in [4.78, 5) is 56.3. The van der Waals surface area contributed by atoms with Crippen molar-refractivity contribution >= 4 is 86.6 Å². The summed E-state index contributed by atoms with van der Waals surface area (Å²) in [6.07, 6.45) is 1.45. The lowest BCUT2D eigenvalue weighted by atomic mass is 10.1. The number of rotatable bonds is 12. The number of thiazole rings is 1. The molecule has 0 bridgehead atoms. The number of anilines is 2. The summed E-state index contributed by atoms with van der Waals surface area (Å²) in [5.41, 5.74) is 2.95. The van der Waals surface area contributed by atoms with E-state index in [1.165, 1.54) is 41.3 Å². The van der Waals surface area contributed by atoms with Crippen LogP contribution in [0, 0.1) is 10.1 Å². The van der Waals surface area contributed by atoms with E-state index in [0.717, 1.165) is 10.5 Å². The van der Waals surface area contributed by atoms with Crippen molar-refractivity contribution in [1.29, 1.82) is 0 Å². The molecule has 1 unspecified atom stereocenters. The van der Waals surface area contributed by atoms with Gasteiger partial charge in [0.25, 0.3) is 17.5 Å². The Morgan fingerprint density at radius 1 is 0.830 bits per heavy atom. The molecule has 53 heavy (non-hydrogen) atoms. The lowest BCUT2D eigenvalue weighted by molar-refractivity contribution is -0.384. The van der Waals surface area contributed by atoms with Crippen LogP contribution in [0.3, 0.4) is 0 Å². The number of hydrogen-bond acceptors (Lipinski definition) is 8. The summed E-state index contributed by atoms with van der Waals surface area (Å²) in [5.74, 6) is -1.40. The van der Waals surface area contributed by atoms with Gasteiger partial charge in [0.2, 0.25) is 5.91 Å². The molecule has 0 aliphatic rings. The van der Waals surface area contributed by atoms with Crippen molar-refractivity contribution in [2.75, 3.05) is 10.6 Å². The van der Waals surface area contributed by atoms with Crippen LogP contribution in [-0.2, 0) is 9.59 Å². The number of hydrogen-bond donors (Lipinski definition) is 3. The fourth-order valence-electron chi connectivity index (χ4n) is 5.00. The first kappa shape index (κ1) is 37.0. The molecule has 0 aliphatic carbocycles. The van der Waals surface area contributed by atoms with E-state index in [2.05, 4.69) is 20.9 Å². The summed E-state index contributed by atoms with van der Waals surface area (Å²) < 4.78 is 0. The second-order valence-electron chi connectivity index (χ2n) is 11.2. The number of amides is 3. The van der Waals surface area contributed by atoms with Gasteiger partial charge >= 0.3 is 0 Å². The maximum atomic E-state index is 13.7. The number of benzene rings is 5. The predicted octanol–water partition coefficient (Wildman–Crippen LogP) is 9.91. The average molecular weight is 781 g/mol. The fraction of sp³-hybridized carbons (Fsp3) is 0.0256. The van der Waals surface area contributed by atoms with E-state index in [9.17, 15) is 24.5 Å². The van der Waals surface area contributed by atoms with Crippen LogP contribution in [0.4, 0.5) is 16.5 Å². The molecule has 3 N–H and O–H groups in total. The number of non-ortho nitro benzene ring substituents is 1. The molecule has 10 nitrogen and oxygen atoms in total. The van der Waals surface area contributed by atoms with E-state index in [1.54, 1.807) is 90.3 Å². The Hall–Kier alpha value is -5.79. The molecule has 1 atom stereocenters. The summed E-state index contributed by atoms with van der Waals surface area (Å²) in [7, 11) is 0. The number of nitro groups is 1. The number of carbonyl (C=O) groups excluding carboxylic acids is 3. The van der Waals surface area contributed by atoms with Gasteiger partial charge in [0.1, 0.15) is 10.9 Å². The second kappa shape index (κ2) is 17.2. The van der Waals surface area contributed by atoms with Crippen LogP contribution < -0.4 is 16.0 Å². The molecule has 14 heteroatoms. The summed E-state index contributed by atoms with van der Waals surface area (Å²) in [5, 5.41) is 21.5. The summed E-state index contributed by atoms with van der Waals surface area (Å²) in [6.45, 7) is 0. The largest absolute Gasteiger partial charge is 0.321 e. The van der Waals surface area contributed by atoms with Crippen molar-refractivity contribution in [3.63, 3.8) is 0 Å². The van der Waals surface area contributed by atoms with Gasteiger partial charge in [0.15, 0.2) is 5.13 Å². The topological polar surface area (TPSA) is 143 Å². The number of aromatic nitrogens is 1. The Bertz CT molecular complexity index is 2320. The van der Waals surface area contributed by atoms with E-state index >= 15 is 0 Å². The zero-order valence-corrected chi connectivity index (χ0v) is 30.5. The maximum Gasteiger partial charge on any atom is 0.272 e.